The zero-order valence-corrected chi connectivity index (χ0v) is 13.6. The second-order valence-corrected chi connectivity index (χ2v) is 5.85. The van der Waals surface area contributed by atoms with Crippen LogP contribution in [0.4, 0.5) is 0 Å². The number of aromatic amines is 1. The summed E-state index contributed by atoms with van der Waals surface area (Å²) in [5.74, 6) is 0.00493. The first-order valence-electron chi connectivity index (χ1n) is 8.02. The van der Waals surface area contributed by atoms with Crippen LogP contribution >= 0.6 is 0 Å². The Bertz CT molecular complexity index is 924. The minimum Gasteiger partial charge on any atom is -0.350 e. The van der Waals surface area contributed by atoms with Gasteiger partial charge in [0.1, 0.15) is 11.4 Å². The van der Waals surface area contributed by atoms with Crippen molar-refractivity contribution in [3.63, 3.8) is 0 Å². The van der Waals surface area contributed by atoms with Gasteiger partial charge in [-0.25, -0.2) is 0 Å². The van der Waals surface area contributed by atoms with Gasteiger partial charge < -0.3 is 15.6 Å². The zero-order chi connectivity index (χ0) is 17.4. The molecule has 0 unspecified atom stereocenters. The van der Waals surface area contributed by atoms with Crippen molar-refractivity contribution >= 4 is 23.3 Å². The summed E-state index contributed by atoms with van der Waals surface area (Å²) in [5.41, 5.74) is 4.26. The van der Waals surface area contributed by atoms with Crippen LogP contribution in [0, 0.1) is 0 Å². The maximum absolute atomic E-state index is 12.4. The van der Waals surface area contributed by atoms with Crippen molar-refractivity contribution < 1.29 is 9.59 Å². The van der Waals surface area contributed by atoms with Gasteiger partial charge in [-0.2, -0.15) is 0 Å². The minimum absolute atomic E-state index is 0.171. The van der Waals surface area contributed by atoms with Crippen LogP contribution in [0.25, 0.3) is 16.8 Å². The molecule has 0 bridgehead atoms. The molecule has 1 fully saturated rings. The van der Waals surface area contributed by atoms with Crippen molar-refractivity contribution in [3.05, 3.63) is 53.4 Å². The van der Waals surface area contributed by atoms with E-state index in [-0.39, 0.29) is 11.8 Å². The van der Waals surface area contributed by atoms with Crippen molar-refractivity contribution in [3.8, 4) is 11.3 Å². The van der Waals surface area contributed by atoms with E-state index in [1.54, 1.807) is 7.05 Å². The molecule has 7 nitrogen and oxygen atoms in total. The molecule has 1 saturated heterocycles. The number of benzene rings is 1. The fourth-order valence-electron chi connectivity index (χ4n) is 3.13. The topological polar surface area (TPSA) is 98.4 Å². The molecule has 25 heavy (non-hydrogen) atoms. The van der Waals surface area contributed by atoms with Gasteiger partial charge in [0, 0.05) is 24.8 Å². The normalized spacial score (nSPS) is 21.4. The van der Waals surface area contributed by atoms with Crippen molar-refractivity contribution in [2.24, 2.45) is 4.99 Å². The summed E-state index contributed by atoms with van der Waals surface area (Å²) in [6.45, 7) is 0.467. The highest BCUT2D eigenvalue weighted by molar-refractivity contribution is 6.18. The summed E-state index contributed by atoms with van der Waals surface area (Å²) in [6.07, 6.45) is 0.553. The summed E-state index contributed by atoms with van der Waals surface area (Å²) < 4.78 is 0. The van der Waals surface area contributed by atoms with Gasteiger partial charge in [-0.3, -0.25) is 19.9 Å². The van der Waals surface area contributed by atoms with E-state index in [0.29, 0.717) is 30.3 Å². The first-order chi connectivity index (χ1) is 12.2. The number of fused-ring (bicyclic) bond motifs is 1. The van der Waals surface area contributed by atoms with Crippen LogP contribution in [0.5, 0.6) is 0 Å². The molecule has 1 aromatic carbocycles. The van der Waals surface area contributed by atoms with Gasteiger partial charge in [-0.15, -0.1) is 0 Å². The molecule has 0 radical (unpaired) electrons. The van der Waals surface area contributed by atoms with Crippen LogP contribution in [-0.4, -0.2) is 36.4 Å². The number of nitrogens with zero attached hydrogens (tertiary/aromatic N) is 1. The van der Waals surface area contributed by atoms with Gasteiger partial charge in [0.25, 0.3) is 11.8 Å². The lowest BCUT2D eigenvalue weighted by molar-refractivity contribution is -0.115. The summed E-state index contributed by atoms with van der Waals surface area (Å²) in [4.78, 5) is 31.9. The van der Waals surface area contributed by atoms with Gasteiger partial charge in [0.2, 0.25) is 5.96 Å². The van der Waals surface area contributed by atoms with Crippen LogP contribution in [-0.2, 0) is 4.79 Å². The van der Waals surface area contributed by atoms with Crippen molar-refractivity contribution in [2.75, 3.05) is 13.6 Å². The molecule has 3 heterocycles. The summed E-state index contributed by atoms with van der Waals surface area (Å²) >= 11 is 0. The van der Waals surface area contributed by atoms with Gasteiger partial charge in [0.15, 0.2) is 0 Å². The molecule has 2 aromatic rings. The van der Waals surface area contributed by atoms with Crippen molar-refractivity contribution in [2.45, 2.75) is 6.42 Å². The molecule has 126 valence electrons. The zero-order valence-electron chi connectivity index (χ0n) is 13.6. The van der Waals surface area contributed by atoms with E-state index in [9.17, 15) is 9.59 Å². The number of hydrogen-bond donors (Lipinski definition) is 4. The Labute approximate surface area is 144 Å². The fraction of sp³-hybridized carbons (Fsp3) is 0.167. The molecular formula is C18H17N5O2. The molecule has 7 heteroatoms. The Balaban J connectivity index is 1.88. The van der Waals surface area contributed by atoms with E-state index in [2.05, 4.69) is 25.9 Å². The number of H-pyrrole nitrogens is 1. The van der Waals surface area contributed by atoms with Gasteiger partial charge in [-0.05, 0) is 23.6 Å². The van der Waals surface area contributed by atoms with Crippen molar-refractivity contribution in [1.29, 1.82) is 0 Å². The number of hydrogen-bond acceptors (Lipinski definition) is 3. The number of aromatic nitrogens is 1. The lowest BCUT2D eigenvalue weighted by Crippen LogP contribution is -2.24. The van der Waals surface area contributed by atoms with Crippen LogP contribution in [0.2, 0.25) is 0 Å². The monoisotopic (exact) mass is 335 g/mol. The average molecular weight is 335 g/mol. The van der Waals surface area contributed by atoms with E-state index in [4.69, 9.17) is 0 Å². The van der Waals surface area contributed by atoms with Gasteiger partial charge >= 0.3 is 0 Å². The molecular weight excluding hydrogens is 318 g/mol. The largest absolute Gasteiger partial charge is 0.350 e. The third-order valence-corrected chi connectivity index (χ3v) is 4.34. The maximum atomic E-state index is 12.4. The van der Waals surface area contributed by atoms with E-state index in [1.807, 2.05) is 36.4 Å². The molecule has 0 aliphatic carbocycles. The van der Waals surface area contributed by atoms with Crippen molar-refractivity contribution in [1.82, 2.24) is 20.9 Å². The van der Waals surface area contributed by atoms with E-state index < -0.39 is 0 Å². The number of nitrogens with one attached hydrogen (secondary N) is 4. The van der Waals surface area contributed by atoms with Crippen LogP contribution in [0.1, 0.15) is 22.5 Å². The maximum Gasteiger partial charge on any atom is 0.274 e. The Kier molecular flexibility index (Phi) is 3.61. The average Bonchev–Trinajstić information content (AvgIpc) is 3.20. The van der Waals surface area contributed by atoms with Gasteiger partial charge in [0.05, 0.1) is 0 Å². The highest BCUT2D eigenvalue weighted by atomic mass is 16.2. The van der Waals surface area contributed by atoms with E-state index >= 15 is 0 Å². The Hall–Kier alpha value is -3.35. The van der Waals surface area contributed by atoms with Crippen LogP contribution in [0.3, 0.4) is 0 Å². The van der Waals surface area contributed by atoms with E-state index in [1.165, 1.54) is 0 Å². The third-order valence-electron chi connectivity index (χ3n) is 4.34. The molecule has 1 aromatic heterocycles. The predicted octanol–water partition coefficient (Wildman–Crippen LogP) is 1.23. The number of aliphatic imine (C=N–C) groups is 1. The van der Waals surface area contributed by atoms with Crippen LogP contribution < -0.4 is 16.0 Å². The molecule has 2 amide bonds. The first kappa shape index (κ1) is 15.2. The quantitative estimate of drug-likeness (QED) is 0.590. The molecule has 0 spiro atoms. The van der Waals surface area contributed by atoms with E-state index in [0.717, 1.165) is 22.4 Å². The smallest absolute Gasteiger partial charge is 0.274 e. The molecule has 4 N–H and O–H groups in total. The minimum atomic E-state index is -0.238. The molecule has 0 atom stereocenters. The Morgan fingerprint density at radius 1 is 1.04 bits per heavy atom. The Morgan fingerprint density at radius 3 is 2.56 bits per heavy atom. The molecule has 2 aliphatic heterocycles. The molecule has 4 rings (SSSR count). The number of amides is 2. The SMILES string of the molecule is CN=C1NC(=O)/C(=C2\CCNC(=O)c3[nH]c(-c4ccccc4)cc32)N1. The van der Waals surface area contributed by atoms with Crippen LogP contribution in [0.15, 0.2) is 47.1 Å². The number of guanidine groups is 1. The highest BCUT2D eigenvalue weighted by Gasteiger charge is 2.30. The summed E-state index contributed by atoms with van der Waals surface area (Å²) in [6, 6.07) is 11.7. The highest BCUT2D eigenvalue weighted by Crippen LogP contribution is 2.32. The predicted molar refractivity (Wildman–Crippen MR) is 94.7 cm³/mol. The number of rotatable bonds is 1. The number of carbonyl (C=O) groups is 2. The molecule has 2 aliphatic rings. The second-order valence-electron chi connectivity index (χ2n) is 5.85. The summed E-state index contributed by atoms with van der Waals surface area (Å²) in [5, 5.41) is 8.55. The second kappa shape index (κ2) is 5.94. The summed E-state index contributed by atoms with van der Waals surface area (Å²) in [7, 11) is 1.60. The number of carbonyl (C=O) groups excluding carboxylic acids is 2. The Morgan fingerprint density at radius 2 is 1.84 bits per heavy atom. The first-order valence-corrected chi connectivity index (χ1v) is 8.02. The lowest BCUT2D eigenvalue weighted by atomic mass is 10.0. The lowest BCUT2D eigenvalue weighted by Gasteiger charge is -2.06. The van der Waals surface area contributed by atoms with Gasteiger partial charge in [-0.1, -0.05) is 30.3 Å². The molecule has 0 saturated carbocycles. The standard InChI is InChI=1S/C18H17N5O2/c1-19-18-22-14(17(25)23-18)11-7-8-20-16(24)15-12(11)9-13(21-15)10-5-3-2-4-6-10/h2-6,9,21H,7-8H2,1H3,(H,20,24)(H2,19,22,23,25)/b14-11-. The fourth-order valence-corrected chi connectivity index (χ4v) is 3.13. The third kappa shape index (κ3) is 2.59.